The number of carbonyl (C=O) groups excluding carboxylic acids is 1. The molecule has 0 saturated carbocycles. The van der Waals surface area contributed by atoms with Crippen molar-refractivity contribution in [1.29, 1.82) is 0 Å². The maximum Gasteiger partial charge on any atom is 0.244 e. The zero-order valence-corrected chi connectivity index (χ0v) is 13.7. The number of aromatic nitrogens is 1. The number of nitrogens with zero attached hydrogens (tertiary/aromatic N) is 1. The van der Waals surface area contributed by atoms with Crippen LogP contribution >= 0.6 is 22.6 Å². The highest BCUT2D eigenvalue weighted by Crippen LogP contribution is 2.14. The van der Waals surface area contributed by atoms with Gasteiger partial charge in [-0.05, 0) is 53.8 Å². The van der Waals surface area contributed by atoms with Crippen LogP contribution in [0.2, 0.25) is 0 Å². The third kappa shape index (κ3) is 4.89. The second-order valence-electron chi connectivity index (χ2n) is 4.09. The highest BCUT2D eigenvalue weighted by Gasteiger charge is 2.05. The Morgan fingerprint density at radius 3 is 3.05 bits per heavy atom. The highest BCUT2D eigenvalue weighted by molar-refractivity contribution is 14.1. The quantitative estimate of drug-likeness (QED) is 0.600. The molecule has 21 heavy (non-hydrogen) atoms. The summed E-state index contributed by atoms with van der Waals surface area (Å²) in [7, 11) is 0. The summed E-state index contributed by atoms with van der Waals surface area (Å²) < 4.78 is 11.5. The Balaban J connectivity index is 1.90. The number of hydrogen-bond donors (Lipinski definition) is 1. The van der Waals surface area contributed by atoms with Crippen molar-refractivity contribution in [3.05, 3.63) is 51.6 Å². The number of nitrogens with one attached hydrogen (secondary N) is 1. The van der Waals surface area contributed by atoms with E-state index in [-0.39, 0.29) is 5.91 Å². The minimum atomic E-state index is -0.201. The summed E-state index contributed by atoms with van der Waals surface area (Å²) in [4.78, 5) is 15.9. The van der Waals surface area contributed by atoms with Crippen LogP contribution in [-0.4, -0.2) is 17.5 Å². The number of hydrogen-bond acceptors (Lipinski definition) is 4. The van der Waals surface area contributed by atoms with Crippen molar-refractivity contribution in [3.8, 4) is 5.88 Å². The molecule has 6 heteroatoms. The highest BCUT2D eigenvalue weighted by atomic mass is 127. The van der Waals surface area contributed by atoms with Gasteiger partial charge in [-0.15, -0.1) is 0 Å². The van der Waals surface area contributed by atoms with Crippen LogP contribution in [0.5, 0.6) is 5.88 Å². The second-order valence-corrected chi connectivity index (χ2v) is 5.16. The first-order valence-corrected chi connectivity index (χ1v) is 7.55. The number of pyridine rings is 1. The van der Waals surface area contributed by atoms with Gasteiger partial charge in [0.2, 0.25) is 11.8 Å². The Morgan fingerprint density at radius 2 is 2.33 bits per heavy atom. The molecule has 0 aliphatic rings. The van der Waals surface area contributed by atoms with Gasteiger partial charge in [0.25, 0.3) is 0 Å². The third-order valence-electron chi connectivity index (χ3n) is 2.58. The van der Waals surface area contributed by atoms with E-state index in [0.717, 1.165) is 9.33 Å². The van der Waals surface area contributed by atoms with Crippen molar-refractivity contribution in [2.45, 2.75) is 13.5 Å². The van der Waals surface area contributed by atoms with Gasteiger partial charge in [0.15, 0.2) is 3.77 Å². The average molecular weight is 398 g/mol. The Kier molecular flexibility index (Phi) is 5.79. The topological polar surface area (TPSA) is 64.4 Å². The summed E-state index contributed by atoms with van der Waals surface area (Å²) in [5.41, 5.74) is 0.841. The number of amides is 1. The van der Waals surface area contributed by atoms with Gasteiger partial charge >= 0.3 is 0 Å². The first kappa shape index (κ1) is 15.6. The molecule has 2 aromatic heterocycles. The first-order valence-electron chi connectivity index (χ1n) is 6.47. The molecule has 0 spiro atoms. The van der Waals surface area contributed by atoms with E-state index >= 15 is 0 Å². The normalized spacial score (nSPS) is 10.8. The molecule has 0 aliphatic carbocycles. The van der Waals surface area contributed by atoms with Gasteiger partial charge in [0.05, 0.1) is 6.61 Å². The Morgan fingerprint density at radius 1 is 1.48 bits per heavy atom. The van der Waals surface area contributed by atoms with Gasteiger partial charge in [-0.25, -0.2) is 4.98 Å². The summed E-state index contributed by atoms with van der Waals surface area (Å²) in [5.74, 6) is 0.989. The van der Waals surface area contributed by atoms with Gasteiger partial charge in [-0.3, -0.25) is 4.79 Å². The largest absolute Gasteiger partial charge is 0.478 e. The van der Waals surface area contributed by atoms with Gasteiger partial charge < -0.3 is 14.5 Å². The monoisotopic (exact) mass is 398 g/mol. The molecule has 2 aromatic rings. The predicted octanol–water partition coefficient (Wildman–Crippen LogP) is 3.01. The van der Waals surface area contributed by atoms with Gasteiger partial charge in [-0.1, -0.05) is 6.07 Å². The molecule has 2 rings (SSSR count). The van der Waals surface area contributed by atoms with Crippen LogP contribution in [0.4, 0.5) is 0 Å². The number of rotatable bonds is 6. The lowest BCUT2D eigenvalue weighted by Crippen LogP contribution is -2.20. The number of carbonyl (C=O) groups is 1. The van der Waals surface area contributed by atoms with Crippen LogP contribution in [0.25, 0.3) is 6.08 Å². The smallest absolute Gasteiger partial charge is 0.244 e. The Labute approximate surface area is 136 Å². The molecule has 2 heterocycles. The van der Waals surface area contributed by atoms with E-state index in [2.05, 4.69) is 32.9 Å². The van der Waals surface area contributed by atoms with Gasteiger partial charge in [0, 0.05) is 24.4 Å². The molecule has 0 unspecified atom stereocenters. The maximum atomic E-state index is 11.8. The van der Waals surface area contributed by atoms with Crippen LogP contribution in [0.3, 0.4) is 0 Å². The summed E-state index contributed by atoms with van der Waals surface area (Å²) in [6.07, 6.45) is 4.73. The minimum Gasteiger partial charge on any atom is -0.478 e. The fourth-order valence-electron chi connectivity index (χ4n) is 1.64. The standard InChI is InChI=1S/C15H15IN2O3/c1-2-20-15-11(4-3-9-17-15)10-18-14(19)8-6-12-5-7-13(16)21-12/h3-9H,2,10H2,1H3,(H,18,19)/b8-6+. The van der Waals surface area contributed by atoms with Crippen molar-refractivity contribution in [2.24, 2.45) is 0 Å². The zero-order chi connectivity index (χ0) is 15.1. The van der Waals surface area contributed by atoms with E-state index in [9.17, 15) is 4.79 Å². The molecule has 0 atom stereocenters. The first-order chi connectivity index (χ1) is 10.2. The van der Waals surface area contributed by atoms with E-state index < -0.39 is 0 Å². The SMILES string of the molecule is CCOc1ncccc1CNC(=O)/C=C/c1ccc(I)o1. The van der Waals surface area contributed by atoms with E-state index in [4.69, 9.17) is 9.15 Å². The fourth-order valence-corrected chi connectivity index (χ4v) is 2.08. The molecular weight excluding hydrogens is 383 g/mol. The lowest BCUT2D eigenvalue weighted by Gasteiger charge is -2.08. The molecule has 1 N–H and O–H groups in total. The Hall–Kier alpha value is -1.83. The third-order valence-corrected chi connectivity index (χ3v) is 3.16. The molecule has 0 fully saturated rings. The summed E-state index contributed by atoms with van der Waals surface area (Å²) in [6, 6.07) is 7.32. The van der Waals surface area contributed by atoms with Crippen molar-refractivity contribution < 1.29 is 13.9 Å². The van der Waals surface area contributed by atoms with Crippen molar-refractivity contribution >= 4 is 34.6 Å². The molecule has 0 bridgehead atoms. The van der Waals surface area contributed by atoms with Crippen molar-refractivity contribution in [1.82, 2.24) is 10.3 Å². The fraction of sp³-hybridized carbons (Fsp3) is 0.200. The van der Waals surface area contributed by atoms with Crippen LogP contribution in [-0.2, 0) is 11.3 Å². The van der Waals surface area contributed by atoms with E-state index in [1.807, 2.05) is 25.1 Å². The van der Waals surface area contributed by atoms with Crippen molar-refractivity contribution in [3.63, 3.8) is 0 Å². The number of furan rings is 1. The van der Waals surface area contributed by atoms with Crippen LogP contribution in [0.1, 0.15) is 18.2 Å². The van der Waals surface area contributed by atoms with Gasteiger partial charge in [-0.2, -0.15) is 0 Å². The van der Waals surface area contributed by atoms with E-state index in [1.165, 1.54) is 6.08 Å². The van der Waals surface area contributed by atoms with Gasteiger partial charge in [0.1, 0.15) is 5.76 Å². The minimum absolute atomic E-state index is 0.201. The zero-order valence-electron chi connectivity index (χ0n) is 11.5. The number of ether oxygens (including phenoxy) is 1. The molecule has 1 amide bonds. The molecule has 0 aliphatic heterocycles. The van der Waals surface area contributed by atoms with Crippen molar-refractivity contribution in [2.75, 3.05) is 6.61 Å². The molecule has 0 aromatic carbocycles. The van der Waals surface area contributed by atoms with Crippen LogP contribution < -0.4 is 10.1 Å². The number of halogens is 1. The van der Waals surface area contributed by atoms with E-state index in [1.54, 1.807) is 18.3 Å². The van der Waals surface area contributed by atoms with Crippen LogP contribution in [0.15, 0.2) is 41.0 Å². The molecule has 0 radical (unpaired) electrons. The molecule has 0 saturated heterocycles. The molecule has 5 nitrogen and oxygen atoms in total. The van der Waals surface area contributed by atoms with E-state index in [0.29, 0.717) is 24.8 Å². The maximum absolute atomic E-state index is 11.8. The average Bonchev–Trinajstić information content (AvgIpc) is 2.90. The second kappa shape index (κ2) is 7.82. The predicted molar refractivity (Wildman–Crippen MR) is 87.7 cm³/mol. The lowest BCUT2D eigenvalue weighted by atomic mass is 10.2. The molecule has 110 valence electrons. The Bertz CT molecular complexity index is 637. The lowest BCUT2D eigenvalue weighted by molar-refractivity contribution is -0.116. The molecular formula is C15H15IN2O3. The summed E-state index contributed by atoms with van der Waals surface area (Å²) in [6.45, 7) is 2.79. The van der Waals surface area contributed by atoms with Crippen LogP contribution in [0, 0.1) is 3.77 Å². The summed E-state index contributed by atoms with van der Waals surface area (Å²) in [5, 5.41) is 2.79. The summed E-state index contributed by atoms with van der Waals surface area (Å²) >= 11 is 2.07.